The molecule has 0 radical (unpaired) electrons. The molecule has 1 N–H and O–H groups in total. The summed E-state index contributed by atoms with van der Waals surface area (Å²) in [6.07, 6.45) is 8.04. The van der Waals surface area contributed by atoms with E-state index in [1.165, 1.54) is 63.8 Å². The molecule has 6 nitrogen and oxygen atoms in total. The van der Waals surface area contributed by atoms with Crippen LogP contribution >= 0.6 is 0 Å². The van der Waals surface area contributed by atoms with Gasteiger partial charge in [-0.2, -0.15) is 0 Å². The van der Waals surface area contributed by atoms with Gasteiger partial charge in [0.25, 0.3) is 0 Å². The van der Waals surface area contributed by atoms with E-state index in [1.54, 1.807) is 7.11 Å². The summed E-state index contributed by atoms with van der Waals surface area (Å²) in [6, 6.07) is 8.34. The standard InChI is InChI=1S/C23H39N5O/c1-24-23(25-12-5-3-6-13-26-14-7-4-8-15-26)28-18-16-27(17-19-28)21-10-9-11-22(20-21)29-2/h9-11,20H,3-8,12-19H2,1-2H3,(H,24,25). The monoisotopic (exact) mass is 401 g/mol. The lowest BCUT2D eigenvalue weighted by molar-refractivity contribution is 0.224. The number of guanidine groups is 1. The maximum Gasteiger partial charge on any atom is 0.193 e. The third kappa shape index (κ3) is 6.81. The van der Waals surface area contributed by atoms with E-state index in [-0.39, 0.29) is 0 Å². The minimum atomic E-state index is 0.919. The van der Waals surface area contributed by atoms with Crippen molar-refractivity contribution in [2.75, 3.05) is 71.4 Å². The number of ether oxygens (including phenoxy) is 1. The van der Waals surface area contributed by atoms with E-state index < -0.39 is 0 Å². The van der Waals surface area contributed by atoms with Crippen LogP contribution in [-0.4, -0.2) is 82.3 Å². The lowest BCUT2D eigenvalue weighted by atomic mass is 10.1. The minimum absolute atomic E-state index is 0.919. The van der Waals surface area contributed by atoms with Crippen LogP contribution in [0.5, 0.6) is 5.75 Å². The molecule has 2 fully saturated rings. The van der Waals surface area contributed by atoms with Gasteiger partial charge in [0, 0.05) is 51.5 Å². The van der Waals surface area contributed by atoms with Crippen molar-refractivity contribution in [1.82, 2.24) is 15.1 Å². The lowest BCUT2D eigenvalue weighted by Crippen LogP contribution is -2.52. The molecule has 2 aliphatic rings. The lowest BCUT2D eigenvalue weighted by Gasteiger charge is -2.37. The Morgan fingerprint density at radius 3 is 2.52 bits per heavy atom. The molecule has 162 valence electrons. The third-order valence-electron chi connectivity index (χ3n) is 6.09. The third-order valence-corrected chi connectivity index (χ3v) is 6.09. The van der Waals surface area contributed by atoms with Gasteiger partial charge in [0.2, 0.25) is 0 Å². The van der Waals surface area contributed by atoms with Crippen molar-refractivity contribution in [2.24, 2.45) is 4.99 Å². The Morgan fingerprint density at radius 2 is 1.79 bits per heavy atom. The van der Waals surface area contributed by atoms with E-state index in [2.05, 4.69) is 43.2 Å². The molecule has 0 saturated carbocycles. The van der Waals surface area contributed by atoms with Crippen LogP contribution in [-0.2, 0) is 0 Å². The van der Waals surface area contributed by atoms with Gasteiger partial charge in [0.05, 0.1) is 7.11 Å². The van der Waals surface area contributed by atoms with Crippen LogP contribution in [0.15, 0.2) is 29.3 Å². The van der Waals surface area contributed by atoms with Crippen molar-refractivity contribution in [3.8, 4) is 5.75 Å². The predicted octanol–water partition coefficient (Wildman–Crippen LogP) is 3.05. The molecule has 0 unspecified atom stereocenters. The molecule has 0 amide bonds. The number of hydrogen-bond donors (Lipinski definition) is 1. The molecule has 0 bridgehead atoms. The molecule has 1 aromatic carbocycles. The number of hydrogen-bond acceptors (Lipinski definition) is 4. The predicted molar refractivity (Wildman–Crippen MR) is 122 cm³/mol. The molecule has 3 rings (SSSR count). The molecule has 0 spiro atoms. The Morgan fingerprint density at radius 1 is 1.00 bits per heavy atom. The van der Waals surface area contributed by atoms with Crippen LogP contribution in [0.25, 0.3) is 0 Å². The molecule has 0 aromatic heterocycles. The van der Waals surface area contributed by atoms with Crippen LogP contribution in [0.3, 0.4) is 0 Å². The number of rotatable bonds is 8. The van der Waals surface area contributed by atoms with E-state index >= 15 is 0 Å². The fourth-order valence-electron chi connectivity index (χ4n) is 4.34. The summed E-state index contributed by atoms with van der Waals surface area (Å²) in [6.45, 7) is 8.91. The number of piperazine rings is 1. The van der Waals surface area contributed by atoms with Crippen LogP contribution < -0.4 is 15.0 Å². The van der Waals surface area contributed by atoms with E-state index in [0.717, 1.165) is 44.4 Å². The molecule has 1 aromatic rings. The van der Waals surface area contributed by atoms with Gasteiger partial charge in [-0.1, -0.05) is 18.9 Å². The van der Waals surface area contributed by atoms with Gasteiger partial charge >= 0.3 is 0 Å². The van der Waals surface area contributed by atoms with Gasteiger partial charge < -0.3 is 24.8 Å². The quantitative estimate of drug-likeness (QED) is 0.412. The largest absolute Gasteiger partial charge is 0.497 e. The minimum Gasteiger partial charge on any atom is -0.497 e. The normalized spacial score (nSPS) is 18.8. The van der Waals surface area contributed by atoms with E-state index in [4.69, 9.17) is 4.74 Å². The van der Waals surface area contributed by atoms with Gasteiger partial charge in [0.15, 0.2) is 5.96 Å². The summed E-state index contributed by atoms with van der Waals surface area (Å²) in [5.74, 6) is 1.97. The second kappa shape index (κ2) is 11.9. The van der Waals surface area contributed by atoms with Crippen molar-refractivity contribution in [3.05, 3.63) is 24.3 Å². The highest BCUT2D eigenvalue weighted by atomic mass is 16.5. The number of nitrogens with one attached hydrogen (secondary N) is 1. The number of methoxy groups -OCH3 is 1. The number of anilines is 1. The molecule has 6 heteroatoms. The fraction of sp³-hybridized carbons (Fsp3) is 0.696. The van der Waals surface area contributed by atoms with Gasteiger partial charge in [-0.3, -0.25) is 4.99 Å². The molecule has 2 heterocycles. The molecule has 2 aliphatic heterocycles. The van der Waals surface area contributed by atoms with Crippen molar-refractivity contribution in [1.29, 1.82) is 0 Å². The Kier molecular flexibility index (Phi) is 8.93. The Bertz CT molecular complexity index is 621. The van der Waals surface area contributed by atoms with E-state index in [0.29, 0.717) is 0 Å². The summed E-state index contributed by atoms with van der Waals surface area (Å²) >= 11 is 0. The molecule has 0 aliphatic carbocycles. The van der Waals surface area contributed by atoms with Crippen molar-refractivity contribution >= 4 is 11.6 Å². The second-order valence-electron chi connectivity index (χ2n) is 8.11. The highest BCUT2D eigenvalue weighted by Gasteiger charge is 2.20. The Hall–Kier alpha value is -1.95. The Balaban J connectivity index is 1.32. The fourth-order valence-corrected chi connectivity index (χ4v) is 4.34. The van der Waals surface area contributed by atoms with Gasteiger partial charge in [-0.05, 0) is 57.5 Å². The Labute approximate surface area is 176 Å². The van der Waals surface area contributed by atoms with Crippen LogP contribution in [0.1, 0.15) is 38.5 Å². The maximum absolute atomic E-state index is 5.36. The zero-order valence-electron chi connectivity index (χ0n) is 18.4. The topological polar surface area (TPSA) is 43.3 Å². The van der Waals surface area contributed by atoms with Crippen LogP contribution in [0.2, 0.25) is 0 Å². The number of nitrogens with zero attached hydrogens (tertiary/aromatic N) is 4. The summed E-state index contributed by atoms with van der Waals surface area (Å²) in [5.41, 5.74) is 1.24. The molecule has 29 heavy (non-hydrogen) atoms. The summed E-state index contributed by atoms with van der Waals surface area (Å²) in [5, 5.41) is 3.57. The first-order valence-electron chi connectivity index (χ1n) is 11.4. The zero-order valence-corrected chi connectivity index (χ0v) is 18.4. The summed E-state index contributed by atoms with van der Waals surface area (Å²) in [4.78, 5) is 12.0. The number of piperidine rings is 1. The second-order valence-corrected chi connectivity index (χ2v) is 8.11. The van der Waals surface area contributed by atoms with Crippen LogP contribution in [0, 0.1) is 0 Å². The van der Waals surface area contributed by atoms with E-state index in [9.17, 15) is 0 Å². The number of unbranched alkanes of at least 4 members (excludes halogenated alkanes) is 2. The first kappa shape index (κ1) is 21.8. The summed E-state index contributed by atoms with van der Waals surface area (Å²) in [7, 11) is 3.62. The first-order chi connectivity index (χ1) is 14.3. The van der Waals surface area contributed by atoms with Crippen molar-refractivity contribution in [3.63, 3.8) is 0 Å². The van der Waals surface area contributed by atoms with Gasteiger partial charge in [-0.15, -0.1) is 0 Å². The van der Waals surface area contributed by atoms with E-state index in [1.807, 2.05) is 13.1 Å². The first-order valence-corrected chi connectivity index (χ1v) is 11.4. The molecule has 2 saturated heterocycles. The highest BCUT2D eigenvalue weighted by molar-refractivity contribution is 5.80. The summed E-state index contributed by atoms with van der Waals surface area (Å²) < 4.78 is 5.36. The van der Waals surface area contributed by atoms with Crippen molar-refractivity contribution in [2.45, 2.75) is 38.5 Å². The van der Waals surface area contributed by atoms with Crippen LogP contribution in [0.4, 0.5) is 5.69 Å². The average Bonchev–Trinajstić information content (AvgIpc) is 2.79. The maximum atomic E-state index is 5.36. The number of likely N-dealkylation sites (tertiary alicyclic amines) is 1. The molecular formula is C23H39N5O. The molecular weight excluding hydrogens is 362 g/mol. The zero-order chi connectivity index (χ0) is 20.3. The molecule has 0 atom stereocenters. The van der Waals surface area contributed by atoms with Gasteiger partial charge in [0.1, 0.15) is 5.75 Å². The SMILES string of the molecule is CN=C(NCCCCCN1CCCCC1)N1CCN(c2cccc(OC)c2)CC1. The van der Waals surface area contributed by atoms with Gasteiger partial charge in [-0.25, -0.2) is 0 Å². The number of benzene rings is 1. The highest BCUT2D eigenvalue weighted by Crippen LogP contribution is 2.22. The smallest absolute Gasteiger partial charge is 0.193 e. The average molecular weight is 402 g/mol. The van der Waals surface area contributed by atoms with Crippen molar-refractivity contribution < 1.29 is 4.74 Å². The number of aliphatic imine (C=N–C) groups is 1.